The van der Waals surface area contributed by atoms with Gasteiger partial charge in [-0.3, -0.25) is 4.79 Å². The molecule has 2 rings (SSSR count). The molecule has 0 saturated heterocycles. The van der Waals surface area contributed by atoms with Crippen LogP contribution in [0, 0.1) is 0 Å². The van der Waals surface area contributed by atoms with Gasteiger partial charge in [-0.1, -0.05) is 18.2 Å². The van der Waals surface area contributed by atoms with E-state index in [1.165, 1.54) is 7.11 Å². The van der Waals surface area contributed by atoms with Crippen LogP contribution < -0.4 is 19.5 Å². The minimum Gasteiger partial charge on any atom is -0.497 e. The number of benzene rings is 2. The van der Waals surface area contributed by atoms with Crippen LogP contribution in [0.25, 0.3) is 0 Å². The Morgan fingerprint density at radius 3 is 2.48 bits per heavy atom. The van der Waals surface area contributed by atoms with Crippen LogP contribution in [0.2, 0.25) is 0 Å². The first-order chi connectivity index (χ1) is 12.1. The molecule has 0 aliphatic heterocycles. The summed E-state index contributed by atoms with van der Waals surface area (Å²) in [6, 6.07) is 12.5. The van der Waals surface area contributed by atoms with E-state index in [0.717, 1.165) is 5.56 Å². The van der Waals surface area contributed by atoms with E-state index in [1.807, 2.05) is 24.3 Å². The Kier molecular flexibility index (Phi) is 6.65. The van der Waals surface area contributed by atoms with E-state index in [-0.39, 0.29) is 18.9 Å². The van der Waals surface area contributed by atoms with Crippen LogP contribution in [-0.2, 0) is 11.2 Å². The fraction of sp³-hybridized carbons (Fsp3) is 0.316. The molecule has 0 aliphatic carbocycles. The molecule has 2 aromatic rings. The number of aliphatic hydroxyl groups excluding tert-OH is 1. The lowest BCUT2D eigenvalue weighted by molar-refractivity contribution is -0.120. The van der Waals surface area contributed by atoms with Gasteiger partial charge in [-0.05, 0) is 35.4 Å². The van der Waals surface area contributed by atoms with Gasteiger partial charge < -0.3 is 24.6 Å². The Balaban J connectivity index is 1.92. The van der Waals surface area contributed by atoms with Gasteiger partial charge in [-0.15, -0.1) is 0 Å². The van der Waals surface area contributed by atoms with Crippen LogP contribution in [0.4, 0.5) is 0 Å². The van der Waals surface area contributed by atoms with Crippen molar-refractivity contribution in [2.75, 3.05) is 27.9 Å². The van der Waals surface area contributed by atoms with E-state index < -0.39 is 6.10 Å². The Hall–Kier alpha value is -2.73. The number of carbonyl (C=O) groups is 1. The molecule has 0 spiro atoms. The van der Waals surface area contributed by atoms with Crippen LogP contribution in [0.3, 0.4) is 0 Å². The SMILES string of the molecule is COc1cccc(CC(=O)NCC(O)c2ccc(OC)c(OC)c2)c1. The quantitative estimate of drug-likeness (QED) is 0.766. The summed E-state index contributed by atoms with van der Waals surface area (Å²) in [6.07, 6.45) is -0.621. The maximum Gasteiger partial charge on any atom is 0.224 e. The van der Waals surface area contributed by atoms with E-state index in [4.69, 9.17) is 14.2 Å². The highest BCUT2D eigenvalue weighted by molar-refractivity contribution is 5.78. The molecule has 0 heterocycles. The zero-order valence-electron chi connectivity index (χ0n) is 14.6. The number of methoxy groups -OCH3 is 3. The van der Waals surface area contributed by atoms with Gasteiger partial charge in [-0.25, -0.2) is 0 Å². The second-order valence-corrected chi connectivity index (χ2v) is 5.46. The number of aliphatic hydroxyl groups is 1. The third-order valence-electron chi connectivity index (χ3n) is 3.78. The van der Waals surface area contributed by atoms with Crippen molar-refractivity contribution in [1.29, 1.82) is 0 Å². The molecule has 0 radical (unpaired) electrons. The van der Waals surface area contributed by atoms with Gasteiger partial charge in [0.1, 0.15) is 5.75 Å². The zero-order chi connectivity index (χ0) is 18.2. The van der Waals surface area contributed by atoms with Crippen LogP contribution >= 0.6 is 0 Å². The molecule has 0 aliphatic rings. The van der Waals surface area contributed by atoms with Gasteiger partial charge in [0, 0.05) is 6.54 Å². The van der Waals surface area contributed by atoms with E-state index >= 15 is 0 Å². The van der Waals surface area contributed by atoms with Crippen LogP contribution in [-0.4, -0.2) is 38.9 Å². The molecule has 0 saturated carbocycles. The second-order valence-electron chi connectivity index (χ2n) is 5.46. The summed E-state index contributed by atoms with van der Waals surface area (Å²) in [4.78, 5) is 12.1. The smallest absolute Gasteiger partial charge is 0.224 e. The number of carbonyl (C=O) groups excluding carboxylic acids is 1. The molecule has 1 amide bonds. The predicted molar refractivity (Wildman–Crippen MR) is 94.2 cm³/mol. The van der Waals surface area contributed by atoms with Crippen molar-refractivity contribution >= 4 is 5.91 Å². The summed E-state index contributed by atoms with van der Waals surface area (Å²) in [5.74, 6) is 1.64. The average Bonchev–Trinajstić information content (AvgIpc) is 2.65. The molecule has 0 fully saturated rings. The summed E-state index contributed by atoms with van der Waals surface area (Å²) >= 11 is 0. The maximum absolute atomic E-state index is 12.1. The summed E-state index contributed by atoms with van der Waals surface area (Å²) in [6.45, 7) is 0.109. The standard InChI is InChI=1S/C19H23NO5/c1-23-15-6-4-5-13(9-15)10-19(22)20-12-16(21)14-7-8-17(24-2)18(11-14)25-3/h4-9,11,16,21H,10,12H2,1-3H3,(H,20,22). The second kappa shape index (κ2) is 8.94. The largest absolute Gasteiger partial charge is 0.497 e. The molecule has 134 valence electrons. The lowest BCUT2D eigenvalue weighted by Gasteiger charge is -2.15. The molecule has 0 aromatic heterocycles. The normalized spacial score (nSPS) is 11.5. The molecule has 2 N–H and O–H groups in total. The van der Waals surface area contributed by atoms with Crippen LogP contribution in [0.5, 0.6) is 17.2 Å². The van der Waals surface area contributed by atoms with Crippen molar-refractivity contribution in [1.82, 2.24) is 5.32 Å². The Labute approximate surface area is 147 Å². The molecular formula is C19H23NO5. The molecular weight excluding hydrogens is 322 g/mol. The van der Waals surface area contributed by atoms with Gasteiger partial charge in [0.05, 0.1) is 33.9 Å². The fourth-order valence-corrected chi connectivity index (χ4v) is 2.42. The van der Waals surface area contributed by atoms with Crippen molar-refractivity contribution in [3.8, 4) is 17.2 Å². The van der Waals surface area contributed by atoms with Gasteiger partial charge in [0.15, 0.2) is 11.5 Å². The zero-order valence-corrected chi connectivity index (χ0v) is 14.6. The Morgan fingerprint density at radius 2 is 1.80 bits per heavy atom. The third kappa shape index (κ3) is 5.12. The lowest BCUT2D eigenvalue weighted by Crippen LogP contribution is -2.29. The first-order valence-corrected chi connectivity index (χ1v) is 7.87. The number of nitrogens with one attached hydrogen (secondary N) is 1. The highest BCUT2D eigenvalue weighted by Gasteiger charge is 2.13. The van der Waals surface area contributed by atoms with Gasteiger partial charge in [0.25, 0.3) is 0 Å². The molecule has 0 bridgehead atoms. The fourth-order valence-electron chi connectivity index (χ4n) is 2.42. The number of rotatable bonds is 8. The van der Waals surface area contributed by atoms with E-state index in [9.17, 15) is 9.90 Å². The number of ether oxygens (including phenoxy) is 3. The lowest BCUT2D eigenvalue weighted by atomic mass is 10.1. The van der Waals surface area contributed by atoms with Crippen molar-refractivity contribution in [2.24, 2.45) is 0 Å². The number of hydrogen-bond acceptors (Lipinski definition) is 5. The monoisotopic (exact) mass is 345 g/mol. The summed E-state index contributed by atoms with van der Waals surface area (Å²) in [5, 5.41) is 13.0. The van der Waals surface area contributed by atoms with Gasteiger partial charge >= 0.3 is 0 Å². The predicted octanol–water partition coefficient (Wildman–Crippen LogP) is 2.10. The van der Waals surface area contributed by atoms with Crippen LogP contribution in [0.1, 0.15) is 17.2 Å². The molecule has 1 atom stereocenters. The van der Waals surface area contributed by atoms with Crippen LogP contribution in [0.15, 0.2) is 42.5 Å². The summed E-state index contributed by atoms with van der Waals surface area (Å²) in [7, 11) is 4.66. The average molecular weight is 345 g/mol. The minimum absolute atomic E-state index is 0.109. The Bertz CT molecular complexity index is 717. The van der Waals surface area contributed by atoms with E-state index in [1.54, 1.807) is 32.4 Å². The summed E-state index contributed by atoms with van der Waals surface area (Å²) in [5.41, 5.74) is 1.48. The van der Waals surface area contributed by atoms with Crippen molar-refractivity contribution < 1.29 is 24.1 Å². The van der Waals surface area contributed by atoms with Gasteiger partial charge in [0.2, 0.25) is 5.91 Å². The van der Waals surface area contributed by atoms with Crippen molar-refractivity contribution in [3.63, 3.8) is 0 Å². The molecule has 6 heteroatoms. The molecule has 25 heavy (non-hydrogen) atoms. The van der Waals surface area contributed by atoms with E-state index in [2.05, 4.69) is 5.32 Å². The third-order valence-corrected chi connectivity index (χ3v) is 3.78. The van der Waals surface area contributed by atoms with Gasteiger partial charge in [-0.2, -0.15) is 0 Å². The number of hydrogen-bond donors (Lipinski definition) is 2. The highest BCUT2D eigenvalue weighted by Crippen LogP contribution is 2.29. The van der Waals surface area contributed by atoms with E-state index in [0.29, 0.717) is 22.8 Å². The highest BCUT2D eigenvalue weighted by atomic mass is 16.5. The molecule has 6 nitrogen and oxygen atoms in total. The summed E-state index contributed by atoms with van der Waals surface area (Å²) < 4.78 is 15.5. The Morgan fingerprint density at radius 1 is 1.04 bits per heavy atom. The van der Waals surface area contributed by atoms with Crippen molar-refractivity contribution in [2.45, 2.75) is 12.5 Å². The maximum atomic E-state index is 12.1. The molecule has 1 unspecified atom stereocenters. The number of amides is 1. The topological polar surface area (TPSA) is 77.0 Å². The first kappa shape index (κ1) is 18.6. The van der Waals surface area contributed by atoms with Crippen molar-refractivity contribution in [3.05, 3.63) is 53.6 Å². The first-order valence-electron chi connectivity index (χ1n) is 7.87. The minimum atomic E-state index is -0.839. The molecule has 2 aromatic carbocycles.